The summed E-state index contributed by atoms with van der Waals surface area (Å²) in [5.41, 5.74) is 0.471. The molecular formula is C11H16N2O3. The fourth-order valence-corrected chi connectivity index (χ4v) is 1.39. The minimum Gasteiger partial charge on any atom is -0.393 e. The van der Waals surface area contributed by atoms with Crippen LogP contribution in [0.1, 0.15) is 26.7 Å². The van der Waals surface area contributed by atoms with Crippen LogP contribution in [-0.4, -0.2) is 23.6 Å². The van der Waals surface area contributed by atoms with Crippen LogP contribution < -0.4 is 5.32 Å². The highest BCUT2D eigenvalue weighted by Gasteiger charge is 2.29. The van der Waals surface area contributed by atoms with Gasteiger partial charge in [0, 0.05) is 6.42 Å². The van der Waals surface area contributed by atoms with E-state index < -0.39 is 5.92 Å². The van der Waals surface area contributed by atoms with Crippen LogP contribution in [0.2, 0.25) is 0 Å². The highest BCUT2D eigenvalue weighted by Crippen LogP contribution is 2.15. The number of nitrogens with zero attached hydrogens (tertiary/aromatic N) is 1. The molecule has 0 radical (unpaired) electrons. The molecule has 0 saturated carbocycles. The highest BCUT2D eigenvalue weighted by molar-refractivity contribution is 6.14. The first-order valence-corrected chi connectivity index (χ1v) is 5.24. The van der Waals surface area contributed by atoms with Crippen molar-refractivity contribution in [2.45, 2.75) is 32.8 Å². The van der Waals surface area contributed by atoms with Gasteiger partial charge in [0.15, 0.2) is 0 Å². The van der Waals surface area contributed by atoms with E-state index in [0.29, 0.717) is 18.6 Å². The number of carbonyl (C=O) groups excluding carboxylic acids is 2. The van der Waals surface area contributed by atoms with Crippen molar-refractivity contribution >= 4 is 17.5 Å². The molecule has 0 spiro atoms. The van der Waals surface area contributed by atoms with Crippen molar-refractivity contribution in [1.82, 2.24) is 5.32 Å². The van der Waals surface area contributed by atoms with Crippen LogP contribution in [0.15, 0.2) is 17.8 Å². The van der Waals surface area contributed by atoms with Gasteiger partial charge in [0.1, 0.15) is 6.10 Å². The summed E-state index contributed by atoms with van der Waals surface area (Å²) in [6.07, 6.45) is 2.22. The zero-order valence-corrected chi connectivity index (χ0v) is 9.53. The monoisotopic (exact) mass is 224 g/mol. The summed E-state index contributed by atoms with van der Waals surface area (Å²) in [6.45, 7) is 7.28. The first-order valence-electron chi connectivity index (χ1n) is 5.24. The molecule has 1 aliphatic heterocycles. The second kappa shape index (κ2) is 5.44. The summed E-state index contributed by atoms with van der Waals surface area (Å²) in [6, 6.07) is 0. The zero-order chi connectivity index (χ0) is 12.1. The van der Waals surface area contributed by atoms with Gasteiger partial charge in [0.25, 0.3) is 0 Å². The molecule has 1 atom stereocenters. The van der Waals surface area contributed by atoms with Crippen LogP contribution in [0.3, 0.4) is 0 Å². The molecule has 1 fully saturated rings. The van der Waals surface area contributed by atoms with E-state index in [4.69, 9.17) is 4.84 Å². The van der Waals surface area contributed by atoms with E-state index >= 15 is 0 Å². The van der Waals surface area contributed by atoms with E-state index in [1.54, 1.807) is 0 Å². The molecule has 2 amide bonds. The standard InChI is InChI=1S/C11H16N2O3/c1-4-9(13-16-7(2)3)8-5-6-10(14)12-11(8)15/h4,7-8H,1,5-6H2,2-3H3,(H,12,14,15)/b13-9+. The molecule has 1 unspecified atom stereocenters. The maximum atomic E-state index is 11.5. The Kier molecular flexibility index (Phi) is 4.22. The maximum Gasteiger partial charge on any atom is 0.235 e. The third-order valence-electron chi connectivity index (χ3n) is 2.17. The molecule has 0 aromatic heterocycles. The van der Waals surface area contributed by atoms with Crippen LogP contribution in [0, 0.1) is 5.92 Å². The van der Waals surface area contributed by atoms with Crippen molar-refractivity contribution in [2.24, 2.45) is 11.1 Å². The van der Waals surface area contributed by atoms with Gasteiger partial charge < -0.3 is 4.84 Å². The lowest BCUT2D eigenvalue weighted by molar-refractivity contribution is -0.134. The van der Waals surface area contributed by atoms with Crippen LogP contribution in [0.4, 0.5) is 0 Å². The molecule has 0 aliphatic carbocycles. The Hall–Kier alpha value is -1.65. The Labute approximate surface area is 94.5 Å². The lowest BCUT2D eigenvalue weighted by Crippen LogP contribution is -2.43. The van der Waals surface area contributed by atoms with E-state index in [0.717, 1.165) is 0 Å². The van der Waals surface area contributed by atoms with E-state index in [1.807, 2.05) is 13.8 Å². The molecule has 5 nitrogen and oxygen atoms in total. The second-order valence-corrected chi connectivity index (χ2v) is 3.88. The molecule has 1 rings (SSSR count). The Morgan fingerprint density at radius 3 is 2.81 bits per heavy atom. The first kappa shape index (κ1) is 12.4. The van der Waals surface area contributed by atoms with Crippen LogP contribution in [0.5, 0.6) is 0 Å². The summed E-state index contributed by atoms with van der Waals surface area (Å²) in [4.78, 5) is 27.6. The van der Waals surface area contributed by atoms with Crippen molar-refractivity contribution in [2.75, 3.05) is 0 Å². The number of piperidine rings is 1. The van der Waals surface area contributed by atoms with Gasteiger partial charge >= 0.3 is 0 Å². The van der Waals surface area contributed by atoms with Gasteiger partial charge in [-0.15, -0.1) is 0 Å². The van der Waals surface area contributed by atoms with Crippen molar-refractivity contribution in [3.05, 3.63) is 12.7 Å². The van der Waals surface area contributed by atoms with Crippen molar-refractivity contribution in [1.29, 1.82) is 0 Å². The van der Waals surface area contributed by atoms with Gasteiger partial charge in [0.05, 0.1) is 11.6 Å². The van der Waals surface area contributed by atoms with Gasteiger partial charge in [0.2, 0.25) is 11.8 Å². The molecule has 88 valence electrons. The van der Waals surface area contributed by atoms with E-state index in [2.05, 4.69) is 17.1 Å². The summed E-state index contributed by atoms with van der Waals surface area (Å²) < 4.78 is 0. The highest BCUT2D eigenvalue weighted by atomic mass is 16.6. The number of hydrogen-bond donors (Lipinski definition) is 1. The normalized spacial score (nSPS) is 21.9. The topological polar surface area (TPSA) is 67.8 Å². The molecule has 0 bridgehead atoms. The smallest absolute Gasteiger partial charge is 0.235 e. The third kappa shape index (κ3) is 3.18. The fraction of sp³-hybridized carbons (Fsp3) is 0.545. The van der Waals surface area contributed by atoms with Gasteiger partial charge in [-0.25, -0.2) is 0 Å². The number of oxime groups is 1. The average molecular weight is 224 g/mol. The maximum absolute atomic E-state index is 11.5. The van der Waals surface area contributed by atoms with E-state index in [9.17, 15) is 9.59 Å². The number of carbonyl (C=O) groups is 2. The Morgan fingerprint density at radius 2 is 2.31 bits per heavy atom. The van der Waals surface area contributed by atoms with Crippen molar-refractivity contribution < 1.29 is 14.4 Å². The largest absolute Gasteiger partial charge is 0.393 e. The average Bonchev–Trinajstić information content (AvgIpc) is 2.21. The molecule has 1 heterocycles. The Bertz CT molecular complexity index is 334. The lowest BCUT2D eigenvalue weighted by Gasteiger charge is -2.20. The van der Waals surface area contributed by atoms with Gasteiger partial charge in [-0.3, -0.25) is 14.9 Å². The molecule has 0 aromatic rings. The number of imide groups is 1. The quantitative estimate of drug-likeness (QED) is 0.440. The Morgan fingerprint density at radius 1 is 1.62 bits per heavy atom. The third-order valence-corrected chi connectivity index (χ3v) is 2.17. The first-order chi connectivity index (χ1) is 7.54. The van der Waals surface area contributed by atoms with Crippen LogP contribution >= 0.6 is 0 Å². The predicted octanol–water partition coefficient (Wildman–Crippen LogP) is 1.01. The van der Waals surface area contributed by atoms with E-state index in [1.165, 1.54) is 6.08 Å². The van der Waals surface area contributed by atoms with E-state index in [-0.39, 0.29) is 17.9 Å². The lowest BCUT2D eigenvalue weighted by atomic mass is 9.93. The summed E-state index contributed by atoms with van der Waals surface area (Å²) in [5, 5.41) is 6.14. The van der Waals surface area contributed by atoms with Crippen molar-refractivity contribution in [3.8, 4) is 0 Å². The minimum absolute atomic E-state index is 0.0526. The number of amides is 2. The predicted molar refractivity (Wildman–Crippen MR) is 59.7 cm³/mol. The Balaban J connectivity index is 2.73. The van der Waals surface area contributed by atoms with Crippen LogP contribution in [0.25, 0.3) is 0 Å². The van der Waals surface area contributed by atoms with Gasteiger partial charge in [-0.1, -0.05) is 11.7 Å². The van der Waals surface area contributed by atoms with Crippen molar-refractivity contribution in [3.63, 3.8) is 0 Å². The minimum atomic E-state index is -0.436. The summed E-state index contributed by atoms with van der Waals surface area (Å²) in [5.74, 6) is -1.01. The summed E-state index contributed by atoms with van der Waals surface area (Å²) >= 11 is 0. The second-order valence-electron chi connectivity index (χ2n) is 3.88. The molecular weight excluding hydrogens is 208 g/mol. The zero-order valence-electron chi connectivity index (χ0n) is 9.53. The molecule has 1 aliphatic rings. The molecule has 5 heteroatoms. The molecule has 1 N–H and O–H groups in total. The van der Waals surface area contributed by atoms with Gasteiger partial charge in [-0.2, -0.15) is 0 Å². The van der Waals surface area contributed by atoms with Gasteiger partial charge in [-0.05, 0) is 26.3 Å². The molecule has 1 saturated heterocycles. The molecule has 0 aromatic carbocycles. The number of allylic oxidation sites excluding steroid dienone is 1. The number of nitrogens with one attached hydrogen (secondary N) is 1. The number of hydrogen-bond acceptors (Lipinski definition) is 4. The summed E-state index contributed by atoms with van der Waals surface area (Å²) in [7, 11) is 0. The number of rotatable bonds is 4. The SMILES string of the molecule is C=C/C(=N\OC(C)C)C1CCC(=O)NC1=O. The molecule has 16 heavy (non-hydrogen) atoms. The fourth-order valence-electron chi connectivity index (χ4n) is 1.39. The van der Waals surface area contributed by atoms with Crippen LogP contribution in [-0.2, 0) is 14.4 Å².